The van der Waals surface area contributed by atoms with Crippen molar-refractivity contribution in [3.8, 4) is 5.75 Å². The molecular weight excluding hydrogens is 379 g/mol. The maximum absolute atomic E-state index is 12.4. The molecule has 0 bridgehead atoms. The van der Waals surface area contributed by atoms with Gasteiger partial charge in [0.1, 0.15) is 16.5 Å². The van der Waals surface area contributed by atoms with Crippen LogP contribution in [0, 0.1) is 10.1 Å². The third kappa shape index (κ3) is 5.94. The van der Waals surface area contributed by atoms with Gasteiger partial charge in [0.25, 0.3) is 0 Å². The van der Waals surface area contributed by atoms with Crippen LogP contribution in [-0.2, 0) is 16.1 Å². The lowest BCUT2D eigenvalue weighted by molar-refractivity contribution is -0.483. The smallest absolute Gasteiger partial charge is 0.227 e. The van der Waals surface area contributed by atoms with Gasteiger partial charge < -0.3 is 14.0 Å². The topological polar surface area (TPSA) is 96.7 Å². The molecule has 0 aliphatic rings. The Labute approximate surface area is 154 Å². The van der Waals surface area contributed by atoms with Gasteiger partial charge in [-0.2, -0.15) is 0 Å². The van der Waals surface area contributed by atoms with Crippen LogP contribution in [0.4, 0.5) is 0 Å². The van der Waals surface area contributed by atoms with Crippen LogP contribution in [0.2, 0.25) is 10.0 Å². The Morgan fingerprint density at radius 1 is 1.38 bits per heavy atom. The zero-order chi connectivity index (χ0) is 18.5. The Balaban J connectivity index is 3.29. The highest BCUT2D eigenvalue weighted by molar-refractivity contribution is 7.90. The maximum atomic E-state index is 12.4. The number of nitrogens with one attached hydrogen (secondary N) is 1. The average molecular weight is 399 g/mol. The third-order valence-electron chi connectivity index (χ3n) is 2.91. The number of rotatable bonds is 8. The fraction of sp³-hybridized carbons (Fsp3) is 0.571. The lowest BCUT2D eigenvalue weighted by atomic mass is 10.1. The van der Waals surface area contributed by atoms with Crippen molar-refractivity contribution < 1.29 is 18.9 Å². The van der Waals surface area contributed by atoms with Gasteiger partial charge in [0.15, 0.2) is 6.79 Å². The molecule has 0 saturated carbocycles. The molecule has 7 nitrogen and oxygen atoms in total. The van der Waals surface area contributed by atoms with E-state index in [0.29, 0.717) is 0 Å². The summed E-state index contributed by atoms with van der Waals surface area (Å²) in [6.45, 7) is 4.65. The monoisotopic (exact) mass is 398 g/mol. The van der Waals surface area contributed by atoms with Crippen LogP contribution in [0.15, 0.2) is 12.1 Å². The van der Waals surface area contributed by atoms with Gasteiger partial charge in [0.2, 0.25) is 6.54 Å². The molecule has 0 aliphatic carbocycles. The van der Waals surface area contributed by atoms with Crippen LogP contribution >= 0.6 is 23.2 Å². The highest BCUT2D eigenvalue weighted by Crippen LogP contribution is 2.38. The summed E-state index contributed by atoms with van der Waals surface area (Å²) in [7, 11) is 1.44. The summed E-state index contributed by atoms with van der Waals surface area (Å²) in [6, 6.07) is 2.11. The molecule has 1 aromatic rings. The fourth-order valence-electron chi connectivity index (χ4n) is 1.76. The van der Waals surface area contributed by atoms with E-state index in [0.717, 1.165) is 0 Å². The molecule has 0 amide bonds. The predicted octanol–water partition coefficient (Wildman–Crippen LogP) is 3.35. The minimum atomic E-state index is -1.56. The lowest BCUT2D eigenvalue weighted by Crippen LogP contribution is -2.43. The van der Waals surface area contributed by atoms with Gasteiger partial charge in [0.05, 0.1) is 10.0 Å². The van der Waals surface area contributed by atoms with Gasteiger partial charge in [-0.05, 0) is 32.9 Å². The Morgan fingerprint density at radius 3 is 2.50 bits per heavy atom. The minimum absolute atomic E-state index is 0.0709. The van der Waals surface area contributed by atoms with Crippen molar-refractivity contribution in [3.05, 3.63) is 37.9 Å². The van der Waals surface area contributed by atoms with Crippen molar-refractivity contribution in [1.29, 1.82) is 0 Å². The largest absolute Gasteiger partial charge is 0.598 e. The minimum Gasteiger partial charge on any atom is -0.598 e. The molecule has 10 heteroatoms. The molecule has 0 fully saturated rings. The molecule has 1 N–H and O–H groups in total. The molecule has 0 heterocycles. The molecular formula is C14H20Cl2N2O5S. The molecule has 2 atom stereocenters. The van der Waals surface area contributed by atoms with Crippen LogP contribution in [0.5, 0.6) is 5.75 Å². The second-order valence-electron chi connectivity index (χ2n) is 5.89. The molecule has 0 aromatic heterocycles. The molecule has 0 aliphatic heterocycles. The summed E-state index contributed by atoms with van der Waals surface area (Å²) in [5, 5.41) is 11.4. The predicted molar refractivity (Wildman–Crippen MR) is 94.6 cm³/mol. The number of hydrogen-bond acceptors (Lipinski definition) is 6. The van der Waals surface area contributed by atoms with E-state index in [1.54, 1.807) is 20.8 Å². The Bertz CT molecular complexity index is 583. The third-order valence-corrected chi connectivity index (χ3v) is 5.34. The summed E-state index contributed by atoms with van der Waals surface area (Å²) >= 11 is 10.7. The van der Waals surface area contributed by atoms with Crippen LogP contribution in [0.3, 0.4) is 0 Å². The second-order valence-corrected chi connectivity index (χ2v) is 8.67. The van der Waals surface area contributed by atoms with Crippen molar-refractivity contribution in [2.45, 2.75) is 31.6 Å². The quantitative estimate of drug-likeness (QED) is 0.312. The van der Waals surface area contributed by atoms with Gasteiger partial charge in [-0.15, -0.1) is 4.72 Å². The summed E-state index contributed by atoms with van der Waals surface area (Å²) in [5.74, 6) is 0.275. The number of benzene rings is 1. The molecule has 0 radical (unpaired) electrons. The zero-order valence-electron chi connectivity index (χ0n) is 13.8. The SMILES string of the molecule is COCOc1ccc(Cl)c(Cl)c1[C@@H](C[N+](=O)[O-])N[S@@+]([O-])C(C)(C)C. The zero-order valence-corrected chi connectivity index (χ0v) is 16.1. The van der Waals surface area contributed by atoms with Crippen molar-refractivity contribution in [1.82, 2.24) is 4.72 Å². The molecule has 0 unspecified atom stereocenters. The molecule has 0 spiro atoms. The Kier molecular flexibility index (Phi) is 8.04. The molecule has 1 aromatic carbocycles. The Hall–Kier alpha value is -0.770. The van der Waals surface area contributed by atoms with Gasteiger partial charge in [-0.1, -0.05) is 23.2 Å². The molecule has 24 heavy (non-hydrogen) atoms. The summed E-state index contributed by atoms with van der Waals surface area (Å²) < 4.78 is 24.8. The van der Waals surface area contributed by atoms with Crippen molar-refractivity contribution >= 4 is 34.6 Å². The highest BCUT2D eigenvalue weighted by Gasteiger charge is 2.35. The van der Waals surface area contributed by atoms with E-state index in [1.807, 2.05) is 0 Å². The van der Waals surface area contributed by atoms with Gasteiger partial charge in [-0.25, -0.2) is 0 Å². The number of hydrogen-bond donors (Lipinski definition) is 1. The summed E-state index contributed by atoms with van der Waals surface area (Å²) in [5.41, 5.74) is 0.274. The fourth-order valence-corrected chi connectivity index (χ4v) is 3.02. The summed E-state index contributed by atoms with van der Waals surface area (Å²) in [6.07, 6.45) is 0. The Morgan fingerprint density at radius 2 is 2.00 bits per heavy atom. The summed E-state index contributed by atoms with van der Waals surface area (Å²) in [4.78, 5) is 10.5. The standard InChI is InChI=1S/C14H20Cl2N2O5S/c1-14(2,3)24(21)17-10(7-18(19)20)12-11(23-8-22-4)6-5-9(15)13(12)16/h5-6,10,17H,7-8H2,1-4H3/t10-,24+/m1/s1. The van der Waals surface area contributed by atoms with E-state index in [1.165, 1.54) is 19.2 Å². The highest BCUT2D eigenvalue weighted by atomic mass is 35.5. The van der Waals surface area contributed by atoms with Gasteiger partial charge in [-0.3, -0.25) is 10.1 Å². The maximum Gasteiger partial charge on any atom is 0.227 e. The number of ether oxygens (including phenoxy) is 2. The normalized spacial score (nSPS) is 14.3. The second kappa shape index (κ2) is 9.07. The average Bonchev–Trinajstić information content (AvgIpc) is 2.46. The lowest BCUT2D eigenvalue weighted by Gasteiger charge is -2.27. The van der Waals surface area contributed by atoms with Crippen LogP contribution < -0.4 is 9.46 Å². The number of methoxy groups -OCH3 is 1. The van der Waals surface area contributed by atoms with E-state index < -0.39 is 33.6 Å². The van der Waals surface area contributed by atoms with Crippen molar-refractivity contribution in [2.75, 3.05) is 20.4 Å². The van der Waals surface area contributed by atoms with E-state index >= 15 is 0 Å². The van der Waals surface area contributed by atoms with E-state index in [-0.39, 0.29) is 28.2 Å². The van der Waals surface area contributed by atoms with Gasteiger partial charge >= 0.3 is 0 Å². The molecule has 136 valence electrons. The first-order valence-corrected chi connectivity index (χ1v) is 8.88. The van der Waals surface area contributed by atoms with Gasteiger partial charge in [0, 0.05) is 29.0 Å². The first-order chi connectivity index (χ1) is 11.1. The number of halogens is 2. The van der Waals surface area contributed by atoms with Crippen LogP contribution in [-0.4, -0.2) is 34.7 Å². The van der Waals surface area contributed by atoms with Crippen molar-refractivity contribution in [3.63, 3.8) is 0 Å². The van der Waals surface area contributed by atoms with E-state index in [4.69, 9.17) is 32.7 Å². The van der Waals surface area contributed by atoms with Crippen LogP contribution in [0.25, 0.3) is 0 Å². The van der Waals surface area contributed by atoms with E-state index in [2.05, 4.69) is 4.72 Å². The first kappa shape index (κ1) is 21.3. The first-order valence-electron chi connectivity index (χ1n) is 6.97. The number of nitro groups is 1. The number of nitrogens with zero attached hydrogens (tertiary/aromatic N) is 1. The van der Waals surface area contributed by atoms with Crippen LogP contribution in [0.1, 0.15) is 32.4 Å². The van der Waals surface area contributed by atoms with E-state index in [9.17, 15) is 14.7 Å². The molecule has 0 saturated heterocycles. The van der Waals surface area contributed by atoms with Crippen molar-refractivity contribution in [2.24, 2.45) is 0 Å². The molecule has 1 rings (SSSR count).